The lowest BCUT2D eigenvalue weighted by atomic mass is 10.2. The Morgan fingerprint density at radius 2 is 2.47 bits per heavy atom. The van der Waals surface area contributed by atoms with Crippen molar-refractivity contribution < 1.29 is 9.18 Å². The Hall–Kier alpha value is -1.20. The van der Waals surface area contributed by atoms with E-state index in [-0.39, 0.29) is 18.9 Å². The number of halogens is 2. The van der Waals surface area contributed by atoms with Crippen molar-refractivity contribution in [2.24, 2.45) is 0 Å². The van der Waals surface area contributed by atoms with Crippen molar-refractivity contribution in [2.45, 2.75) is 25.6 Å². The van der Waals surface area contributed by atoms with Gasteiger partial charge in [-0.25, -0.2) is 8.81 Å². The van der Waals surface area contributed by atoms with Crippen molar-refractivity contribution in [3.05, 3.63) is 24.0 Å². The Kier molecular flexibility index (Phi) is 3.59. The van der Waals surface area contributed by atoms with Crippen LogP contribution in [0.1, 0.15) is 12.1 Å². The fourth-order valence-electron chi connectivity index (χ4n) is 1.80. The Balaban J connectivity index is 2.09. The van der Waals surface area contributed by atoms with Crippen molar-refractivity contribution in [3.63, 3.8) is 0 Å². The predicted molar refractivity (Wildman–Crippen MR) is 63.6 cm³/mol. The summed E-state index contributed by atoms with van der Waals surface area (Å²) in [6.45, 7) is 2.01. The van der Waals surface area contributed by atoms with Crippen LogP contribution in [0.5, 0.6) is 0 Å². The highest BCUT2D eigenvalue weighted by atomic mass is 35.5. The van der Waals surface area contributed by atoms with E-state index in [0.717, 1.165) is 10.1 Å². The van der Waals surface area contributed by atoms with Gasteiger partial charge in [-0.2, -0.15) is 0 Å². The first-order valence-electron chi connectivity index (χ1n) is 5.38. The van der Waals surface area contributed by atoms with Gasteiger partial charge in [-0.05, 0) is 19.1 Å². The number of alkyl halides is 1. The molecular weight excluding hydrogens is 245 g/mol. The highest BCUT2D eigenvalue weighted by Crippen LogP contribution is 2.20. The van der Waals surface area contributed by atoms with E-state index >= 15 is 0 Å². The summed E-state index contributed by atoms with van der Waals surface area (Å²) in [6, 6.07) is 2.79. The molecular formula is C11H13ClFN3O. The van der Waals surface area contributed by atoms with E-state index in [1.807, 2.05) is 6.92 Å². The first-order chi connectivity index (χ1) is 8.08. The number of rotatable bonds is 2. The molecule has 2 rings (SSSR count). The average molecular weight is 258 g/mol. The quantitative estimate of drug-likeness (QED) is 0.818. The van der Waals surface area contributed by atoms with Crippen molar-refractivity contribution in [1.82, 2.24) is 10.3 Å². The Morgan fingerprint density at radius 3 is 3.06 bits per heavy atom. The van der Waals surface area contributed by atoms with Crippen LogP contribution in [0.25, 0.3) is 0 Å². The summed E-state index contributed by atoms with van der Waals surface area (Å²) in [6.07, 6.45) is 0.771. The highest BCUT2D eigenvalue weighted by Gasteiger charge is 2.32. The van der Waals surface area contributed by atoms with Crippen LogP contribution in [0.2, 0.25) is 0 Å². The number of aromatic nitrogens is 1. The van der Waals surface area contributed by atoms with Gasteiger partial charge in [-0.3, -0.25) is 9.78 Å². The Bertz CT molecular complexity index is 429. The maximum absolute atomic E-state index is 13.0. The molecule has 0 aromatic carbocycles. The van der Waals surface area contributed by atoms with Crippen LogP contribution >= 0.6 is 11.8 Å². The molecule has 17 heavy (non-hydrogen) atoms. The maximum Gasteiger partial charge on any atom is 0.258 e. The molecule has 1 fully saturated rings. The van der Waals surface area contributed by atoms with E-state index in [4.69, 9.17) is 11.8 Å². The fourth-order valence-corrected chi connectivity index (χ4v) is 2.02. The predicted octanol–water partition coefficient (Wildman–Crippen LogP) is 1.58. The largest absolute Gasteiger partial charge is 0.303 e. The minimum atomic E-state index is -0.979. The molecule has 6 heteroatoms. The molecule has 1 amide bonds. The summed E-state index contributed by atoms with van der Waals surface area (Å²) in [4.78, 5) is 16.0. The summed E-state index contributed by atoms with van der Waals surface area (Å²) >= 11 is 5.95. The molecule has 2 atom stereocenters. The molecule has 1 aromatic heterocycles. The number of carbonyl (C=O) groups excluding carboxylic acids is 1. The number of aryl methyl sites for hydroxylation is 1. The number of nitrogens with zero attached hydrogens (tertiary/aromatic N) is 2. The monoisotopic (exact) mass is 257 g/mol. The number of carbonyl (C=O) groups is 1. The lowest BCUT2D eigenvalue weighted by molar-refractivity contribution is -0.119. The average Bonchev–Trinajstić information content (AvgIpc) is 2.74. The van der Waals surface area contributed by atoms with Crippen molar-refractivity contribution in [1.29, 1.82) is 0 Å². The maximum atomic E-state index is 13.0. The summed E-state index contributed by atoms with van der Waals surface area (Å²) in [7, 11) is 0. The molecule has 1 aromatic rings. The van der Waals surface area contributed by atoms with Crippen molar-refractivity contribution >= 4 is 23.4 Å². The molecule has 1 saturated heterocycles. The van der Waals surface area contributed by atoms with Gasteiger partial charge in [0.05, 0.1) is 11.7 Å². The minimum absolute atomic E-state index is 0.173. The first-order valence-corrected chi connectivity index (χ1v) is 5.71. The lowest BCUT2D eigenvalue weighted by Gasteiger charge is -2.18. The lowest BCUT2D eigenvalue weighted by Crippen LogP contribution is -2.39. The number of amides is 1. The van der Waals surface area contributed by atoms with Gasteiger partial charge in [0, 0.05) is 36.6 Å². The van der Waals surface area contributed by atoms with Gasteiger partial charge in [0.1, 0.15) is 6.17 Å². The zero-order valence-electron chi connectivity index (χ0n) is 9.36. The summed E-state index contributed by atoms with van der Waals surface area (Å²) < 4.78 is 14.0. The Morgan fingerprint density at radius 1 is 1.71 bits per heavy atom. The van der Waals surface area contributed by atoms with Crippen LogP contribution in [-0.2, 0) is 4.79 Å². The molecule has 0 bridgehead atoms. The second kappa shape index (κ2) is 4.98. The van der Waals surface area contributed by atoms with Crippen LogP contribution in [0.3, 0.4) is 0 Å². The van der Waals surface area contributed by atoms with E-state index in [0.29, 0.717) is 5.69 Å². The van der Waals surface area contributed by atoms with Gasteiger partial charge in [0.15, 0.2) is 0 Å². The number of anilines is 1. The first kappa shape index (κ1) is 12.3. The number of nitrogens with one attached hydrogen (secondary N) is 1. The zero-order valence-corrected chi connectivity index (χ0v) is 10.1. The molecule has 92 valence electrons. The molecule has 1 N–H and O–H groups in total. The number of hydrogen-bond donors (Lipinski definition) is 1. The van der Waals surface area contributed by atoms with E-state index in [1.54, 1.807) is 18.3 Å². The fraction of sp³-hybridized carbons (Fsp3) is 0.455. The normalized spacial score (nSPS) is 23.7. The van der Waals surface area contributed by atoms with Crippen molar-refractivity contribution in [2.75, 3.05) is 11.0 Å². The zero-order chi connectivity index (χ0) is 12.4. The van der Waals surface area contributed by atoms with Crippen LogP contribution in [0.15, 0.2) is 18.3 Å². The smallest absolute Gasteiger partial charge is 0.258 e. The highest BCUT2D eigenvalue weighted by molar-refractivity contribution is 6.37. The molecule has 0 aliphatic carbocycles. The molecule has 0 spiro atoms. The summed E-state index contributed by atoms with van der Waals surface area (Å²) in [5.74, 6) is -0.336. The third-order valence-corrected chi connectivity index (χ3v) is 3.04. The van der Waals surface area contributed by atoms with Gasteiger partial charge < -0.3 is 5.32 Å². The van der Waals surface area contributed by atoms with Gasteiger partial charge in [0.25, 0.3) is 5.91 Å². The number of hydrogen-bond acceptors (Lipinski definition) is 3. The second-order valence-corrected chi connectivity index (χ2v) is 4.41. The van der Waals surface area contributed by atoms with Crippen LogP contribution in [0, 0.1) is 6.92 Å². The molecule has 1 aliphatic heterocycles. The standard InChI is InChI=1S/C11H13ClFN3O/c1-7-4-9(2-3-14-7)16(12)11(17)10-5-8(13)6-15-10/h2-4,8,10,15H,5-6H2,1H3/t8-,10+/m1/s1. The molecule has 0 radical (unpaired) electrons. The van der Waals surface area contributed by atoms with E-state index in [2.05, 4.69) is 10.3 Å². The van der Waals surface area contributed by atoms with E-state index < -0.39 is 12.2 Å². The van der Waals surface area contributed by atoms with E-state index in [9.17, 15) is 9.18 Å². The SMILES string of the molecule is Cc1cc(N(Cl)C(=O)[C@@H]2C[C@@H](F)CN2)ccn1. The van der Waals surface area contributed by atoms with Crippen molar-refractivity contribution in [3.8, 4) is 0 Å². The second-order valence-electron chi connectivity index (χ2n) is 4.07. The number of pyridine rings is 1. The third kappa shape index (κ3) is 2.73. The van der Waals surface area contributed by atoms with Gasteiger partial charge in [0.2, 0.25) is 0 Å². The van der Waals surface area contributed by atoms with Crippen LogP contribution in [-0.4, -0.2) is 29.6 Å². The third-order valence-electron chi connectivity index (χ3n) is 2.68. The van der Waals surface area contributed by atoms with Crippen LogP contribution in [0.4, 0.5) is 10.1 Å². The molecule has 2 heterocycles. The summed E-state index contributed by atoms with van der Waals surface area (Å²) in [5, 5.41) is 2.81. The molecule has 0 saturated carbocycles. The van der Waals surface area contributed by atoms with Gasteiger partial charge in [-0.1, -0.05) is 0 Å². The van der Waals surface area contributed by atoms with Gasteiger partial charge in [-0.15, -0.1) is 0 Å². The van der Waals surface area contributed by atoms with Crippen LogP contribution < -0.4 is 9.74 Å². The minimum Gasteiger partial charge on any atom is -0.303 e. The van der Waals surface area contributed by atoms with Gasteiger partial charge >= 0.3 is 0 Å². The Labute approximate surface area is 104 Å². The molecule has 1 aliphatic rings. The summed E-state index contributed by atoms with van der Waals surface area (Å²) in [5.41, 5.74) is 1.32. The van der Waals surface area contributed by atoms with E-state index in [1.165, 1.54) is 0 Å². The topological polar surface area (TPSA) is 45.2 Å². The molecule has 0 unspecified atom stereocenters. The molecule has 4 nitrogen and oxygen atoms in total.